The molecule has 0 amide bonds. The van der Waals surface area contributed by atoms with Crippen LogP contribution in [-0.4, -0.2) is 24.1 Å². The Kier molecular flexibility index (Phi) is 8.38. The van der Waals surface area contributed by atoms with Gasteiger partial charge in [-0.05, 0) is 100 Å². The summed E-state index contributed by atoms with van der Waals surface area (Å²) in [5.74, 6) is 1.79. The lowest BCUT2D eigenvalue weighted by atomic mass is 9.94. The van der Waals surface area contributed by atoms with Crippen molar-refractivity contribution in [2.75, 3.05) is 0 Å². The van der Waals surface area contributed by atoms with Crippen LogP contribution in [0.2, 0.25) is 0 Å². The van der Waals surface area contributed by atoms with Gasteiger partial charge in [-0.25, -0.2) is 19.7 Å². The zero-order chi connectivity index (χ0) is 41.5. The Hall–Kier alpha value is -7.52. The molecular weight excluding hydrogens is 799 g/mol. The lowest BCUT2D eigenvalue weighted by Gasteiger charge is -2.13. The van der Waals surface area contributed by atoms with Crippen molar-refractivity contribution in [3.8, 4) is 67.5 Å². The van der Waals surface area contributed by atoms with Crippen LogP contribution in [0.4, 0.5) is 0 Å². The first-order valence-corrected chi connectivity index (χ1v) is 22.1. The van der Waals surface area contributed by atoms with E-state index in [9.17, 15) is 4.79 Å². The monoisotopic (exact) mass is 833 g/mol. The number of aromatic nitrogens is 5. The Balaban J connectivity index is 1.03. The van der Waals surface area contributed by atoms with Crippen LogP contribution in [0.1, 0.15) is 0 Å². The minimum Gasteiger partial charge on any atom is -0.295 e. The van der Waals surface area contributed by atoms with Gasteiger partial charge in [-0.3, -0.25) is 9.13 Å². The van der Waals surface area contributed by atoms with Crippen LogP contribution in [0.25, 0.3) is 119 Å². The highest BCUT2D eigenvalue weighted by Crippen LogP contribution is 2.41. The Labute approximate surface area is 364 Å². The second kappa shape index (κ2) is 14.3. The SMILES string of the molecule is Cn1c(=O)n(C)c2cc(-c3ccc(-c4nc(-c5ccccc5)nc(-c5cc(-c6ccc7sc8ccccc8c7c6)cc(-c6ccc7sc8ccccc8c7c6)c5)n4)cc3)ccc21. The molecule has 0 spiro atoms. The zero-order valence-corrected chi connectivity index (χ0v) is 35.3. The molecule has 4 heterocycles. The molecular formula is C54H35N5OS2. The maximum absolute atomic E-state index is 12.6. The van der Waals surface area contributed by atoms with Crippen LogP contribution in [-0.2, 0) is 14.1 Å². The third-order valence-corrected chi connectivity index (χ3v) is 14.3. The predicted octanol–water partition coefficient (Wildman–Crippen LogP) is 13.8. The van der Waals surface area contributed by atoms with E-state index in [0.717, 1.165) is 61.1 Å². The molecule has 6 nitrogen and oxygen atoms in total. The average molecular weight is 834 g/mol. The van der Waals surface area contributed by atoms with Crippen LogP contribution in [0, 0.1) is 0 Å². The molecule has 0 saturated carbocycles. The molecule has 0 aliphatic carbocycles. The van der Waals surface area contributed by atoms with E-state index in [4.69, 9.17) is 15.0 Å². The Morgan fingerprint density at radius 3 is 1.35 bits per heavy atom. The Morgan fingerprint density at radius 1 is 0.339 bits per heavy atom. The summed E-state index contributed by atoms with van der Waals surface area (Å²) in [4.78, 5) is 28.2. The molecule has 62 heavy (non-hydrogen) atoms. The van der Waals surface area contributed by atoms with E-state index in [2.05, 4.69) is 140 Å². The standard InChI is InChI=1S/C54H35N5OS2/c1-58-45-23-20-37(31-46(45)59(2)54(58)60)32-16-18-34(19-17-32)52-55-51(33-10-4-3-5-11-33)56-53(57-52)40-27-38(35-21-24-49-43(29-35)41-12-6-8-14-47(41)61-49)26-39(28-40)36-22-25-50-44(30-36)42-13-7-9-15-48(42)62-50/h3-31H,1-2H3. The summed E-state index contributed by atoms with van der Waals surface area (Å²) in [6.45, 7) is 0. The summed E-state index contributed by atoms with van der Waals surface area (Å²) in [5.41, 5.74) is 10.9. The maximum atomic E-state index is 12.6. The summed E-state index contributed by atoms with van der Waals surface area (Å²) < 4.78 is 8.48. The molecule has 0 unspecified atom stereocenters. The molecule has 12 rings (SSSR count). The fourth-order valence-corrected chi connectivity index (χ4v) is 10.9. The first-order chi connectivity index (χ1) is 30.4. The van der Waals surface area contributed by atoms with Gasteiger partial charge in [-0.2, -0.15) is 0 Å². The normalized spacial score (nSPS) is 11.8. The van der Waals surface area contributed by atoms with Crippen molar-refractivity contribution < 1.29 is 0 Å². The van der Waals surface area contributed by atoms with Gasteiger partial charge in [0.25, 0.3) is 0 Å². The Morgan fingerprint density at radius 2 is 0.758 bits per heavy atom. The third-order valence-electron chi connectivity index (χ3n) is 12.0. The molecule has 0 radical (unpaired) electrons. The van der Waals surface area contributed by atoms with Crippen molar-refractivity contribution >= 4 is 74.1 Å². The van der Waals surface area contributed by atoms with Gasteiger partial charge < -0.3 is 0 Å². The van der Waals surface area contributed by atoms with Gasteiger partial charge in [-0.1, -0.05) is 109 Å². The summed E-state index contributed by atoms with van der Waals surface area (Å²) in [6.07, 6.45) is 0. The largest absolute Gasteiger partial charge is 0.328 e. The van der Waals surface area contributed by atoms with Crippen molar-refractivity contribution in [1.29, 1.82) is 0 Å². The van der Waals surface area contributed by atoms with Crippen LogP contribution < -0.4 is 5.69 Å². The van der Waals surface area contributed by atoms with E-state index in [-0.39, 0.29) is 5.69 Å². The summed E-state index contributed by atoms with van der Waals surface area (Å²) in [7, 11) is 3.62. The number of rotatable bonds is 6. The van der Waals surface area contributed by atoms with Crippen molar-refractivity contribution in [1.82, 2.24) is 24.1 Å². The summed E-state index contributed by atoms with van der Waals surface area (Å²) in [5, 5.41) is 5.05. The lowest BCUT2D eigenvalue weighted by molar-refractivity contribution is 0.795. The van der Waals surface area contributed by atoms with E-state index < -0.39 is 0 Å². The second-order valence-corrected chi connectivity index (χ2v) is 17.9. The first kappa shape index (κ1) is 36.3. The lowest BCUT2D eigenvalue weighted by Crippen LogP contribution is -2.19. The average Bonchev–Trinajstić information content (AvgIpc) is 3.97. The van der Waals surface area contributed by atoms with Gasteiger partial charge in [0, 0.05) is 71.1 Å². The van der Waals surface area contributed by atoms with Gasteiger partial charge in [-0.15, -0.1) is 22.7 Å². The van der Waals surface area contributed by atoms with Crippen LogP contribution in [0.5, 0.6) is 0 Å². The molecule has 0 atom stereocenters. The molecule has 8 heteroatoms. The van der Waals surface area contributed by atoms with Crippen molar-refractivity contribution in [2.24, 2.45) is 14.1 Å². The highest BCUT2D eigenvalue weighted by molar-refractivity contribution is 7.26. The minimum atomic E-state index is -0.0423. The maximum Gasteiger partial charge on any atom is 0.328 e. The van der Waals surface area contributed by atoms with E-state index in [1.54, 1.807) is 16.2 Å². The topological polar surface area (TPSA) is 65.6 Å². The van der Waals surface area contributed by atoms with Gasteiger partial charge in [0.2, 0.25) is 0 Å². The molecule has 0 aliphatic heterocycles. The van der Waals surface area contributed by atoms with E-state index in [1.165, 1.54) is 40.3 Å². The molecule has 0 N–H and O–H groups in total. The quantitative estimate of drug-likeness (QED) is 0.167. The molecule has 4 aromatic heterocycles. The Bertz CT molecular complexity index is 3670. The fraction of sp³-hybridized carbons (Fsp3) is 0.0370. The van der Waals surface area contributed by atoms with Crippen LogP contribution >= 0.6 is 22.7 Å². The van der Waals surface area contributed by atoms with E-state index in [0.29, 0.717) is 17.5 Å². The number of fused-ring (bicyclic) bond motifs is 7. The molecule has 0 saturated heterocycles. The van der Waals surface area contributed by atoms with Crippen LogP contribution in [0.15, 0.2) is 181 Å². The molecule has 12 aromatic rings. The van der Waals surface area contributed by atoms with Crippen molar-refractivity contribution in [3.05, 3.63) is 186 Å². The fourth-order valence-electron chi connectivity index (χ4n) is 8.75. The smallest absolute Gasteiger partial charge is 0.295 e. The minimum absolute atomic E-state index is 0.0423. The number of benzene rings is 8. The molecule has 8 aromatic carbocycles. The van der Waals surface area contributed by atoms with Crippen molar-refractivity contribution in [2.45, 2.75) is 0 Å². The molecule has 0 aliphatic rings. The third kappa shape index (κ3) is 6.06. The second-order valence-electron chi connectivity index (χ2n) is 15.8. The number of hydrogen-bond donors (Lipinski definition) is 0. The van der Waals surface area contributed by atoms with Crippen LogP contribution in [0.3, 0.4) is 0 Å². The number of imidazole rings is 1. The number of aryl methyl sites for hydroxylation is 2. The number of thiophene rings is 2. The predicted molar refractivity (Wildman–Crippen MR) is 260 cm³/mol. The first-order valence-electron chi connectivity index (χ1n) is 20.5. The molecule has 294 valence electrons. The number of hydrogen-bond acceptors (Lipinski definition) is 6. The molecule has 0 fully saturated rings. The van der Waals surface area contributed by atoms with Crippen molar-refractivity contribution in [3.63, 3.8) is 0 Å². The highest BCUT2D eigenvalue weighted by Gasteiger charge is 2.17. The summed E-state index contributed by atoms with van der Waals surface area (Å²) in [6, 6.07) is 62.3. The molecule has 0 bridgehead atoms. The van der Waals surface area contributed by atoms with Gasteiger partial charge >= 0.3 is 5.69 Å². The van der Waals surface area contributed by atoms with E-state index in [1.807, 2.05) is 66.1 Å². The van der Waals surface area contributed by atoms with Gasteiger partial charge in [0.05, 0.1) is 11.0 Å². The van der Waals surface area contributed by atoms with Gasteiger partial charge in [0.1, 0.15) is 0 Å². The highest BCUT2D eigenvalue weighted by atomic mass is 32.1. The van der Waals surface area contributed by atoms with Gasteiger partial charge in [0.15, 0.2) is 17.5 Å². The van der Waals surface area contributed by atoms with E-state index >= 15 is 0 Å². The zero-order valence-electron chi connectivity index (χ0n) is 33.7. The number of nitrogens with zero attached hydrogens (tertiary/aromatic N) is 5. The summed E-state index contributed by atoms with van der Waals surface area (Å²) >= 11 is 3.66.